The van der Waals surface area contributed by atoms with Crippen molar-refractivity contribution < 1.29 is 24.1 Å². The fourth-order valence-electron chi connectivity index (χ4n) is 4.55. The highest BCUT2D eigenvalue weighted by Gasteiger charge is 2.29. The number of carboxylic acid groups (broad SMARTS) is 1. The second-order valence-electron chi connectivity index (χ2n) is 8.86. The third-order valence-electron chi connectivity index (χ3n) is 6.38. The SMILES string of the molecule is CCCOCC[C@@H](CCO)CN(CC)c1c(F)cc2c(=O)c(C(=O)O)cn(C3CC3)c2c1C. The molecule has 1 saturated carbocycles. The molecule has 8 heteroatoms. The van der Waals surface area contributed by atoms with Crippen molar-refractivity contribution in [1.29, 1.82) is 0 Å². The first-order chi connectivity index (χ1) is 15.8. The predicted octanol–water partition coefficient (Wildman–Crippen LogP) is 4.12. The van der Waals surface area contributed by atoms with Gasteiger partial charge < -0.3 is 24.4 Å². The maximum Gasteiger partial charge on any atom is 0.341 e. The Kier molecular flexibility index (Phi) is 8.48. The lowest BCUT2D eigenvalue weighted by Gasteiger charge is -2.31. The van der Waals surface area contributed by atoms with E-state index in [0.29, 0.717) is 49.5 Å². The van der Waals surface area contributed by atoms with E-state index in [9.17, 15) is 19.8 Å². The minimum absolute atomic E-state index is 0.0500. The molecule has 0 aliphatic heterocycles. The molecule has 1 aliphatic carbocycles. The third kappa shape index (κ3) is 5.55. The number of hydrogen-bond acceptors (Lipinski definition) is 5. The summed E-state index contributed by atoms with van der Waals surface area (Å²) in [4.78, 5) is 26.4. The van der Waals surface area contributed by atoms with Gasteiger partial charge in [-0.15, -0.1) is 0 Å². The van der Waals surface area contributed by atoms with Gasteiger partial charge in [-0.25, -0.2) is 9.18 Å². The molecular weight excluding hydrogens is 427 g/mol. The number of pyridine rings is 1. The molecule has 0 saturated heterocycles. The van der Waals surface area contributed by atoms with Crippen LogP contribution in [0.1, 0.15) is 67.9 Å². The van der Waals surface area contributed by atoms with E-state index in [1.54, 1.807) is 6.92 Å². The van der Waals surface area contributed by atoms with Crippen LogP contribution in [0.4, 0.5) is 10.1 Å². The van der Waals surface area contributed by atoms with Gasteiger partial charge in [0.1, 0.15) is 11.4 Å². The normalized spacial score (nSPS) is 14.6. The Morgan fingerprint density at radius 3 is 2.61 bits per heavy atom. The van der Waals surface area contributed by atoms with Crippen molar-refractivity contribution in [3.05, 3.63) is 39.4 Å². The molecule has 3 rings (SSSR count). The number of rotatable bonds is 13. The first-order valence-electron chi connectivity index (χ1n) is 11.9. The number of carbonyl (C=O) groups is 1. The molecule has 182 valence electrons. The quantitative estimate of drug-likeness (QED) is 0.435. The van der Waals surface area contributed by atoms with Gasteiger partial charge in [0.25, 0.3) is 0 Å². The second kappa shape index (κ2) is 11.1. The summed E-state index contributed by atoms with van der Waals surface area (Å²) in [6.45, 7) is 8.25. The lowest BCUT2D eigenvalue weighted by Crippen LogP contribution is -2.32. The van der Waals surface area contributed by atoms with Crippen LogP contribution in [-0.4, -0.2) is 53.7 Å². The van der Waals surface area contributed by atoms with Crippen molar-refractivity contribution in [2.24, 2.45) is 5.92 Å². The minimum Gasteiger partial charge on any atom is -0.477 e. The third-order valence-corrected chi connectivity index (χ3v) is 6.38. The molecule has 33 heavy (non-hydrogen) atoms. The average Bonchev–Trinajstić information content (AvgIpc) is 3.61. The van der Waals surface area contributed by atoms with Gasteiger partial charge in [-0.05, 0) is 63.5 Å². The van der Waals surface area contributed by atoms with Crippen LogP contribution in [0, 0.1) is 18.7 Å². The van der Waals surface area contributed by atoms with Gasteiger partial charge in [-0.2, -0.15) is 0 Å². The largest absolute Gasteiger partial charge is 0.477 e. The highest BCUT2D eigenvalue weighted by Crippen LogP contribution is 2.40. The Bertz CT molecular complexity index is 1050. The number of anilines is 1. The molecule has 0 spiro atoms. The van der Waals surface area contributed by atoms with Crippen molar-refractivity contribution in [1.82, 2.24) is 4.57 Å². The zero-order valence-corrected chi connectivity index (χ0v) is 19.8. The number of aromatic nitrogens is 1. The molecular formula is C25H35FN2O5. The van der Waals surface area contributed by atoms with Crippen LogP contribution in [0.5, 0.6) is 0 Å². The van der Waals surface area contributed by atoms with E-state index in [2.05, 4.69) is 6.92 Å². The van der Waals surface area contributed by atoms with E-state index in [1.165, 1.54) is 12.3 Å². The van der Waals surface area contributed by atoms with E-state index in [-0.39, 0.29) is 29.5 Å². The topological polar surface area (TPSA) is 92.0 Å². The highest BCUT2D eigenvalue weighted by atomic mass is 19.1. The van der Waals surface area contributed by atoms with Crippen molar-refractivity contribution in [2.75, 3.05) is 37.8 Å². The molecule has 1 aliphatic rings. The maximum absolute atomic E-state index is 15.5. The summed E-state index contributed by atoms with van der Waals surface area (Å²) in [5, 5.41) is 19.1. The highest BCUT2D eigenvalue weighted by molar-refractivity contribution is 5.95. The maximum atomic E-state index is 15.5. The fraction of sp³-hybridized carbons (Fsp3) is 0.600. The molecule has 7 nitrogen and oxygen atoms in total. The molecule has 1 atom stereocenters. The Labute approximate surface area is 193 Å². The summed E-state index contributed by atoms with van der Waals surface area (Å²) < 4.78 is 22.9. The number of benzene rings is 1. The van der Waals surface area contributed by atoms with Gasteiger partial charge in [0, 0.05) is 50.5 Å². The Hall–Kier alpha value is -2.45. The van der Waals surface area contributed by atoms with Gasteiger partial charge >= 0.3 is 5.97 Å². The number of aliphatic hydroxyl groups excluding tert-OH is 1. The molecule has 0 radical (unpaired) electrons. The van der Waals surface area contributed by atoms with Gasteiger partial charge in [0.15, 0.2) is 0 Å². The summed E-state index contributed by atoms with van der Waals surface area (Å²) in [5.41, 5.74) is 0.685. The Morgan fingerprint density at radius 1 is 1.30 bits per heavy atom. The van der Waals surface area contributed by atoms with Crippen molar-refractivity contribution in [3.8, 4) is 0 Å². The van der Waals surface area contributed by atoms with E-state index in [0.717, 1.165) is 25.7 Å². The van der Waals surface area contributed by atoms with E-state index >= 15 is 4.39 Å². The zero-order chi connectivity index (χ0) is 24.1. The lowest BCUT2D eigenvalue weighted by molar-refractivity contribution is 0.0694. The lowest BCUT2D eigenvalue weighted by atomic mass is 9.99. The fourth-order valence-corrected chi connectivity index (χ4v) is 4.55. The molecule has 1 aromatic heterocycles. The van der Waals surface area contributed by atoms with Crippen molar-refractivity contribution in [3.63, 3.8) is 0 Å². The second-order valence-corrected chi connectivity index (χ2v) is 8.86. The van der Waals surface area contributed by atoms with E-state index in [4.69, 9.17) is 4.74 Å². The van der Waals surface area contributed by atoms with E-state index in [1.807, 2.05) is 16.4 Å². The molecule has 2 aromatic rings. The van der Waals surface area contributed by atoms with Crippen molar-refractivity contribution in [2.45, 2.75) is 58.9 Å². The summed E-state index contributed by atoms with van der Waals surface area (Å²) in [7, 11) is 0. The van der Waals surface area contributed by atoms with Crippen LogP contribution in [0.2, 0.25) is 0 Å². The first kappa shape index (κ1) is 25.2. The number of carboxylic acids is 1. The summed E-state index contributed by atoms with van der Waals surface area (Å²) in [6, 6.07) is 1.32. The van der Waals surface area contributed by atoms with Gasteiger partial charge in [-0.3, -0.25) is 4.79 Å². The number of aryl methyl sites for hydroxylation is 1. The van der Waals surface area contributed by atoms with Crippen LogP contribution in [0.15, 0.2) is 17.1 Å². The molecule has 1 fully saturated rings. The molecule has 0 bridgehead atoms. The zero-order valence-electron chi connectivity index (χ0n) is 19.8. The standard InChI is InChI=1S/C25H35FN2O5/c1-4-11-33-12-9-17(8-10-29)14-27(5-2)23-16(3)22-19(13-21(23)26)24(30)20(25(31)32)15-28(22)18-6-7-18/h13,15,17-18,29H,4-12,14H2,1-3H3,(H,31,32)/t17-/m1/s1. The molecule has 1 aromatic carbocycles. The number of aromatic carboxylic acids is 1. The van der Waals surface area contributed by atoms with Crippen LogP contribution in [0.25, 0.3) is 10.9 Å². The number of halogens is 1. The van der Waals surface area contributed by atoms with Crippen LogP contribution >= 0.6 is 0 Å². The van der Waals surface area contributed by atoms with Crippen LogP contribution < -0.4 is 10.3 Å². The van der Waals surface area contributed by atoms with Gasteiger partial charge in [0.2, 0.25) is 5.43 Å². The van der Waals surface area contributed by atoms with Gasteiger partial charge in [-0.1, -0.05) is 6.92 Å². The Balaban J connectivity index is 2.04. The molecule has 2 N–H and O–H groups in total. The summed E-state index contributed by atoms with van der Waals surface area (Å²) >= 11 is 0. The van der Waals surface area contributed by atoms with Gasteiger partial charge in [0.05, 0.1) is 11.2 Å². The molecule has 1 heterocycles. The number of aliphatic hydroxyl groups is 1. The minimum atomic E-state index is -1.30. The first-order valence-corrected chi connectivity index (χ1v) is 11.9. The number of nitrogens with zero attached hydrogens (tertiary/aromatic N) is 2. The average molecular weight is 463 g/mol. The summed E-state index contributed by atoms with van der Waals surface area (Å²) in [6.07, 6.45) is 5.51. The van der Waals surface area contributed by atoms with Crippen LogP contribution in [-0.2, 0) is 4.74 Å². The smallest absolute Gasteiger partial charge is 0.341 e. The number of hydrogen-bond donors (Lipinski definition) is 2. The number of fused-ring (bicyclic) bond motifs is 1. The molecule has 0 amide bonds. The monoisotopic (exact) mass is 462 g/mol. The predicted molar refractivity (Wildman–Crippen MR) is 127 cm³/mol. The number of ether oxygens (including phenoxy) is 1. The van der Waals surface area contributed by atoms with Crippen molar-refractivity contribution >= 4 is 22.6 Å². The molecule has 0 unspecified atom stereocenters. The Morgan fingerprint density at radius 2 is 2.03 bits per heavy atom. The van der Waals surface area contributed by atoms with Crippen LogP contribution in [0.3, 0.4) is 0 Å². The van der Waals surface area contributed by atoms with E-state index < -0.39 is 17.2 Å². The summed E-state index contributed by atoms with van der Waals surface area (Å²) in [5.74, 6) is -1.71.